The third-order valence-corrected chi connectivity index (χ3v) is 3.01. The van der Waals surface area contributed by atoms with Gasteiger partial charge in [0.15, 0.2) is 5.82 Å². The van der Waals surface area contributed by atoms with Crippen molar-refractivity contribution in [2.24, 2.45) is 0 Å². The Morgan fingerprint density at radius 3 is 2.33 bits per heavy atom. The highest BCUT2D eigenvalue weighted by atomic mass is 19.4. The number of unbranched alkanes of at least 4 members (excludes halogenated alkanes) is 1. The monoisotopic (exact) mass is 347 g/mol. The number of aromatic nitrogens is 2. The van der Waals surface area contributed by atoms with Crippen LogP contribution in [0, 0.1) is 13.8 Å². The number of nitrogens with one attached hydrogen (secondary N) is 1. The van der Waals surface area contributed by atoms with Crippen LogP contribution in [0.5, 0.6) is 0 Å². The van der Waals surface area contributed by atoms with Crippen LogP contribution in [0.25, 0.3) is 0 Å². The highest BCUT2D eigenvalue weighted by molar-refractivity contribution is 5.82. The van der Waals surface area contributed by atoms with Crippen LogP contribution >= 0.6 is 0 Å². The average molecular weight is 347 g/mol. The number of amides is 1. The fraction of sp³-hybridized carbons (Fsp3) is 0.600. The van der Waals surface area contributed by atoms with E-state index < -0.39 is 30.5 Å². The van der Waals surface area contributed by atoms with Gasteiger partial charge >= 0.3 is 18.1 Å². The number of ether oxygens (including phenoxy) is 1. The van der Waals surface area contributed by atoms with Crippen molar-refractivity contribution >= 4 is 11.9 Å². The molecule has 0 aromatic carbocycles. The van der Waals surface area contributed by atoms with Crippen molar-refractivity contribution < 1.29 is 27.5 Å². The van der Waals surface area contributed by atoms with E-state index in [2.05, 4.69) is 9.97 Å². The molecule has 1 aromatic rings. The van der Waals surface area contributed by atoms with Crippen molar-refractivity contribution in [3.63, 3.8) is 0 Å². The van der Waals surface area contributed by atoms with Gasteiger partial charge in [0.1, 0.15) is 0 Å². The van der Waals surface area contributed by atoms with Crippen LogP contribution in [0.3, 0.4) is 0 Å². The molecule has 1 rings (SSSR count). The molecule has 9 heteroatoms. The lowest BCUT2D eigenvalue weighted by molar-refractivity contribution is -0.174. The Labute approximate surface area is 137 Å². The number of aryl methyl sites for hydroxylation is 2. The zero-order valence-electron chi connectivity index (χ0n) is 13.7. The van der Waals surface area contributed by atoms with Gasteiger partial charge < -0.3 is 10.1 Å². The molecule has 0 radical (unpaired) electrons. The van der Waals surface area contributed by atoms with Gasteiger partial charge in [0.25, 0.3) is 0 Å². The highest BCUT2D eigenvalue weighted by Gasteiger charge is 2.40. The minimum absolute atomic E-state index is 0.0578. The Bertz CT molecular complexity index is 571. The summed E-state index contributed by atoms with van der Waals surface area (Å²) in [5, 5.41) is 1.76. The zero-order valence-corrected chi connectivity index (χ0v) is 13.7. The molecule has 1 aromatic heterocycles. The highest BCUT2D eigenvalue weighted by Crippen LogP contribution is 2.20. The summed E-state index contributed by atoms with van der Waals surface area (Å²) in [6.45, 7) is 5.35. The van der Waals surface area contributed by atoms with E-state index in [9.17, 15) is 22.8 Å². The van der Waals surface area contributed by atoms with Crippen molar-refractivity contribution in [1.29, 1.82) is 0 Å². The molecule has 0 spiro atoms. The molecule has 134 valence electrons. The first-order valence-electron chi connectivity index (χ1n) is 7.49. The van der Waals surface area contributed by atoms with E-state index in [-0.39, 0.29) is 12.4 Å². The first-order chi connectivity index (χ1) is 11.1. The van der Waals surface area contributed by atoms with E-state index in [0.717, 1.165) is 6.42 Å². The topological polar surface area (TPSA) is 81.2 Å². The predicted molar refractivity (Wildman–Crippen MR) is 78.9 cm³/mol. The number of nitrogens with zero attached hydrogens (tertiary/aromatic N) is 2. The molecule has 1 atom stereocenters. The summed E-state index contributed by atoms with van der Waals surface area (Å²) in [5.74, 6) is -2.94. The minimum Gasteiger partial charge on any atom is -0.466 e. The van der Waals surface area contributed by atoms with E-state index in [1.807, 2.05) is 6.92 Å². The maximum absolute atomic E-state index is 12.5. The molecule has 0 fully saturated rings. The maximum Gasteiger partial charge on any atom is 0.471 e. The van der Waals surface area contributed by atoms with Crippen molar-refractivity contribution in [1.82, 2.24) is 15.3 Å². The number of alkyl halides is 3. The van der Waals surface area contributed by atoms with Crippen LogP contribution in [-0.4, -0.2) is 34.6 Å². The van der Waals surface area contributed by atoms with E-state index in [1.54, 1.807) is 25.2 Å². The van der Waals surface area contributed by atoms with Gasteiger partial charge in [-0.05, 0) is 26.3 Å². The molecule has 1 unspecified atom stereocenters. The fourth-order valence-electron chi connectivity index (χ4n) is 1.91. The molecule has 6 nitrogen and oxygen atoms in total. The van der Waals surface area contributed by atoms with Gasteiger partial charge in [-0.25, -0.2) is 9.97 Å². The standard InChI is InChI=1S/C15H20F3N3O3/c1-4-5-6-24-12(22)8-11(21-14(23)15(16,17)18)13-19-9(2)7-10(3)20-13/h7,11H,4-6,8H2,1-3H3,(H,21,23). The molecule has 0 aliphatic rings. The van der Waals surface area contributed by atoms with Crippen LogP contribution in [0.15, 0.2) is 6.07 Å². The summed E-state index contributed by atoms with van der Waals surface area (Å²) in [7, 11) is 0. The quantitative estimate of drug-likeness (QED) is 0.605. The van der Waals surface area contributed by atoms with Gasteiger partial charge in [0, 0.05) is 11.4 Å². The second-order valence-electron chi connectivity index (χ2n) is 5.31. The molecule has 0 saturated heterocycles. The Morgan fingerprint density at radius 2 is 1.83 bits per heavy atom. The van der Waals surface area contributed by atoms with E-state index >= 15 is 0 Å². The summed E-state index contributed by atoms with van der Waals surface area (Å²) in [6, 6.07) is 0.318. The van der Waals surface area contributed by atoms with Gasteiger partial charge in [-0.15, -0.1) is 0 Å². The number of hydrogen-bond acceptors (Lipinski definition) is 5. The SMILES string of the molecule is CCCCOC(=O)CC(NC(=O)C(F)(F)F)c1nc(C)cc(C)n1. The third kappa shape index (κ3) is 6.51. The van der Waals surface area contributed by atoms with Gasteiger partial charge in [-0.2, -0.15) is 13.2 Å². The van der Waals surface area contributed by atoms with Crippen molar-refractivity contribution in [3.8, 4) is 0 Å². The average Bonchev–Trinajstić information content (AvgIpc) is 2.44. The maximum atomic E-state index is 12.5. The number of carbonyl (C=O) groups excluding carboxylic acids is 2. The second kappa shape index (κ2) is 8.60. The summed E-state index contributed by atoms with van der Waals surface area (Å²) in [6.07, 6.45) is -4.09. The lowest BCUT2D eigenvalue weighted by Crippen LogP contribution is -2.40. The number of carbonyl (C=O) groups is 2. The molecular weight excluding hydrogens is 327 g/mol. The van der Waals surface area contributed by atoms with Crippen molar-refractivity contribution in [3.05, 3.63) is 23.3 Å². The largest absolute Gasteiger partial charge is 0.471 e. The summed E-state index contributed by atoms with van der Waals surface area (Å²) in [4.78, 5) is 31.0. The predicted octanol–water partition coefficient (Wildman–Crippen LogP) is 2.55. The molecule has 0 bridgehead atoms. The minimum atomic E-state index is -5.07. The van der Waals surface area contributed by atoms with Crippen molar-refractivity contribution in [2.75, 3.05) is 6.61 Å². The van der Waals surface area contributed by atoms with Gasteiger partial charge in [-0.3, -0.25) is 9.59 Å². The van der Waals surface area contributed by atoms with E-state index in [0.29, 0.717) is 17.8 Å². The molecule has 0 saturated carbocycles. The first kappa shape index (κ1) is 19.9. The molecular formula is C15H20F3N3O3. The van der Waals surface area contributed by atoms with Gasteiger partial charge in [0.2, 0.25) is 0 Å². The Balaban J connectivity index is 2.94. The van der Waals surface area contributed by atoms with Crippen LogP contribution in [0.4, 0.5) is 13.2 Å². The molecule has 1 N–H and O–H groups in total. The van der Waals surface area contributed by atoms with Gasteiger partial charge in [0.05, 0.1) is 19.1 Å². The molecule has 1 amide bonds. The first-order valence-corrected chi connectivity index (χ1v) is 7.49. The summed E-state index contributed by atoms with van der Waals surface area (Å²) < 4.78 is 42.4. The Kier molecular flexibility index (Phi) is 7.12. The van der Waals surface area contributed by atoms with Crippen molar-refractivity contribution in [2.45, 2.75) is 52.3 Å². The number of halogens is 3. The third-order valence-electron chi connectivity index (χ3n) is 3.01. The lowest BCUT2D eigenvalue weighted by Gasteiger charge is -2.18. The molecule has 0 aliphatic carbocycles. The van der Waals surface area contributed by atoms with Crippen LogP contribution < -0.4 is 5.32 Å². The number of esters is 1. The van der Waals surface area contributed by atoms with Crippen LogP contribution in [0.2, 0.25) is 0 Å². The number of rotatable bonds is 7. The smallest absolute Gasteiger partial charge is 0.466 e. The lowest BCUT2D eigenvalue weighted by atomic mass is 10.1. The fourth-order valence-corrected chi connectivity index (χ4v) is 1.91. The van der Waals surface area contributed by atoms with E-state index in [1.165, 1.54) is 0 Å². The van der Waals surface area contributed by atoms with Crippen LogP contribution in [-0.2, 0) is 14.3 Å². The molecule has 0 aliphatic heterocycles. The zero-order chi connectivity index (χ0) is 18.3. The van der Waals surface area contributed by atoms with Crippen LogP contribution in [0.1, 0.15) is 49.4 Å². The van der Waals surface area contributed by atoms with E-state index in [4.69, 9.17) is 4.74 Å². The molecule has 1 heterocycles. The Hall–Kier alpha value is -2.19. The Morgan fingerprint density at radius 1 is 1.25 bits per heavy atom. The van der Waals surface area contributed by atoms with Gasteiger partial charge in [-0.1, -0.05) is 13.3 Å². The molecule has 24 heavy (non-hydrogen) atoms. The summed E-state index contributed by atoms with van der Waals surface area (Å²) >= 11 is 0. The number of hydrogen-bond donors (Lipinski definition) is 1. The summed E-state index contributed by atoms with van der Waals surface area (Å²) in [5.41, 5.74) is 1.03. The normalized spacial score (nSPS) is 12.6. The second-order valence-corrected chi connectivity index (χ2v) is 5.31.